The lowest BCUT2D eigenvalue weighted by Gasteiger charge is -2.22. The highest BCUT2D eigenvalue weighted by atomic mass is 35.5. The van der Waals surface area contributed by atoms with Crippen LogP contribution in [0.1, 0.15) is 12.5 Å². The number of rotatable bonds is 3. The molecule has 2 unspecified atom stereocenters. The maximum atomic E-state index is 13.2. The molecule has 0 amide bonds. The van der Waals surface area contributed by atoms with Gasteiger partial charge in [-0.05, 0) is 55.8 Å². The highest BCUT2D eigenvalue weighted by Gasteiger charge is 2.26. The van der Waals surface area contributed by atoms with Gasteiger partial charge in [0.15, 0.2) is 0 Å². The molecule has 2 atom stereocenters. The van der Waals surface area contributed by atoms with Crippen LogP contribution in [0.3, 0.4) is 0 Å². The highest BCUT2D eigenvalue weighted by molar-refractivity contribution is 6.31. The number of anilines is 2. The summed E-state index contributed by atoms with van der Waals surface area (Å²) in [6.07, 6.45) is -0.251. The normalized spacial score (nSPS) is 17.6. The van der Waals surface area contributed by atoms with Crippen molar-refractivity contribution in [2.75, 3.05) is 10.6 Å². The lowest BCUT2D eigenvalue weighted by atomic mass is 10.2. The molecule has 21 heavy (non-hydrogen) atoms. The topological polar surface area (TPSA) is 33.3 Å². The van der Waals surface area contributed by atoms with Crippen LogP contribution in [-0.2, 0) is 0 Å². The Balaban J connectivity index is 1.70. The number of hydrogen-bond donors (Lipinski definition) is 2. The third-order valence-corrected chi connectivity index (χ3v) is 3.95. The summed E-state index contributed by atoms with van der Waals surface area (Å²) in [4.78, 5) is 0. The summed E-state index contributed by atoms with van der Waals surface area (Å²) in [7, 11) is 0. The Morgan fingerprint density at radius 3 is 2.67 bits per heavy atom. The van der Waals surface area contributed by atoms with Crippen molar-refractivity contribution in [3.63, 3.8) is 0 Å². The summed E-state index contributed by atoms with van der Waals surface area (Å²) in [6.45, 7) is 3.89. The molecule has 0 aromatic heterocycles. The number of ether oxygens (including phenoxy) is 1. The third kappa shape index (κ3) is 2.90. The van der Waals surface area contributed by atoms with Crippen molar-refractivity contribution in [1.29, 1.82) is 0 Å². The largest absolute Gasteiger partial charge is 0.487 e. The first-order chi connectivity index (χ1) is 10.0. The minimum atomic E-state index is -0.259. The fourth-order valence-electron chi connectivity index (χ4n) is 2.34. The van der Waals surface area contributed by atoms with Crippen LogP contribution in [0.5, 0.6) is 5.75 Å². The summed E-state index contributed by atoms with van der Waals surface area (Å²) in [5.74, 6) is 0.501. The summed E-state index contributed by atoms with van der Waals surface area (Å²) in [5, 5.41) is 7.22. The zero-order valence-corrected chi connectivity index (χ0v) is 12.5. The highest BCUT2D eigenvalue weighted by Crippen LogP contribution is 2.31. The molecule has 1 aliphatic heterocycles. The second-order valence-corrected chi connectivity index (χ2v) is 5.60. The number of nitrogens with one attached hydrogen (secondary N) is 2. The van der Waals surface area contributed by atoms with Gasteiger partial charge in [0.05, 0.1) is 11.4 Å². The molecule has 0 saturated carbocycles. The van der Waals surface area contributed by atoms with Gasteiger partial charge in [-0.15, -0.1) is 0 Å². The van der Waals surface area contributed by atoms with Crippen molar-refractivity contribution in [3.8, 4) is 5.75 Å². The Morgan fingerprint density at radius 2 is 1.90 bits per heavy atom. The Hall–Kier alpha value is -1.94. The molecule has 0 spiro atoms. The van der Waals surface area contributed by atoms with Crippen LogP contribution in [0.15, 0.2) is 36.4 Å². The van der Waals surface area contributed by atoms with E-state index >= 15 is 0 Å². The lowest BCUT2D eigenvalue weighted by molar-refractivity contribution is 0.209. The van der Waals surface area contributed by atoms with Crippen molar-refractivity contribution in [1.82, 2.24) is 0 Å². The Kier molecular flexibility index (Phi) is 3.64. The molecule has 2 aromatic rings. The number of fused-ring (bicyclic) bond motifs is 1. The first kappa shape index (κ1) is 14.0. The van der Waals surface area contributed by atoms with Gasteiger partial charge in [-0.2, -0.15) is 0 Å². The molecule has 2 aromatic carbocycles. The summed E-state index contributed by atoms with van der Waals surface area (Å²) < 4.78 is 19.1. The molecule has 0 fully saturated rings. The fourth-order valence-corrected chi connectivity index (χ4v) is 2.46. The van der Waals surface area contributed by atoms with Gasteiger partial charge in [0.25, 0.3) is 0 Å². The van der Waals surface area contributed by atoms with Gasteiger partial charge in [-0.1, -0.05) is 11.6 Å². The molecule has 2 N–H and O–H groups in total. The Bertz CT molecular complexity index is 677. The molecule has 110 valence electrons. The van der Waals surface area contributed by atoms with Crippen LogP contribution in [0.4, 0.5) is 15.8 Å². The average Bonchev–Trinajstić information content (AvgIpc) is 2.86. The second kappa shape index (κ2) is 5.45. The summed E-state index contributed by atoms with van der Waals surface area (Å²) in [5.41, 5.74) is 2.60. The Morgan fingerprint density at radius 1 is 1.14 bits per heavy atom. The predicted octanol–water partition coefficient (Wildman–Crippen LogP) is 4.42. The maximum absolute atomic E-state index is 13.2. The van der Waals surface area contributed by atoms with Gasteiger partial charge in [-0.3, -0.25) is 0 Å². The third-order valence-electron chi connectivity index (χ3n) is 3.52. The average molecular weight is 307 g/mol. The van der Waals surface area contributed by atoms with Crippen LogP contribution < -0.4 is 15.4 Å². The first-order valence-corrected chi connectivity index (χ1v) is 7.16. The van der Waals surface area contributed by atoms with Crippen LogP contribution >= 0.6 is 11.6 Å². The molecular formula is C16H16ClFN2O. The number of benzene rings is 2. The monoisotopic (exact) mass is 306 g/mol. The van der Waals surface area contributed by atoms with Gasteiger partial charge in [-0.25, -0.2) is 4.39 Å². The molecule has 0 bridgehead atoms. The molecule has 0 radical (unpaired) electrons. The quantitative estimate of drug-likeness (QED) is 0.880. The molecule has 3 rings (SSSR count). The molecule has 0 saturated heterocycles. The molecule has 5 heteroatoms. The van der Waals surface area contributed by atoms with Crippen molar-refractivity contribution >= 4 is 23.0 Å². The van der Waals surface area contributed by atoms with E-state index in [-0.39, 0.29) is 18.1 Å². The number of halogens is 2. The zero-order chi connectivity index (χ0) is 15.0. The van der Waals surface area contributed by atoms with Crippen LogP contribution in [-0.4, -0.2) is 12.3 Å². The van der Waals surface area contributed by atoms with E-state index < -0.39 is 0 Å². The first-order valence-electron chi connectivity index (χ1n) is 6.78. The van der Waals surface area contributed by atoms with E-state index in [0.717, 1.165) is 27.7 Å². The van der Waals surface area contributed by atoms with Crippen molar-refractivity contribution in [3.05, 3.63) is 52.8 Å². The van der Waals surface area contributed by atoms with E-state index in [0.29, 0.717) is 0 Å². The smallest absolute Gasteiger partial charge is 0.134 e. The van der Waals surface area contributed by atoms with Gasteiger partial charge in [0, 0.05) is 5.02 Å². The maximum Gasteiger partial charge on any atom is 0.134 e. The lowest BCUT2D eigenvalue weighted by Crippen LogP contribution is -2.38. The van der Waals surface area contributed by atoms with Gasteiger partial charge in [0.2, 0.25) is 0 Å². The van der Waals surface area contributed by atoms with Crippen molar-refractivity contribution in [2.24, 2.45) is 0 Å². The zero-order valence-electron chi connectivity index (χ0n) is 11.8. The van der Waals surface area contributed by atoms with E-state index in [9.17, 15) is 4.39 Å². The van der Waals surface area contributed by atoms with Gasteiger partial charge in [0.1, 0.15) is 23.8 Å². The molecular weight excluding hydrogens is 291 g/mol. The summed E-state index contributed by atoms with van der Waals surface area (Å²) in [6, 6.07) is 10.2. The minimum absolute atomic E-state index is 0.113. The van der Waals surface area contributed by atoms with E-state index in [2.05, 4.69) is 10.6 Å². The summed E-state index contributed by atoms with van der Waals surface area (Å²) >= 11 is 6.00. The molecule has 0 aliphatic carbocycles. The van der Waals surface area contributed by atoms with Crippen LogP contribution in [0.2, 0.25) is 5.02 Å². The van der Waals surface area contributed by atoms with E-state index in [1.807, 2.05) is 32.0 Å². The standard InChI is InChI=1S/C16H16ClFN2O/c1-9-7-12(4-5-13(9)17)21-10(2)16-19-14-6-3-11(18)8-15(14)20-16/h3-8,10,16,19-20H,1-2H3. The van der Waals surface area contributed by atoms with E-state index in [1.54, 1.807) is 6.07 Å². The van der Waals surface area contributed by atoms with Crippen molar-refractivity contribution < 1.29 is 9.13 Å². The van der Waals surface area contributed by atoms with E-state index in [1.165, 1.54) is 12.1 Å². The second-order valence-electron chi connectivity index (χ2n) is 5.19. The van der Waals surface area contributed by atoms with Crippen LogP contribution in [0, 0.1) is 12.7 Å². The SMILES string of the molecule is Cc1cc(OC(C)C2Nc3ccc(F)cc3N2)ccc1Cl. The number of aryl methyl sites for hydroxylation is 1. The van der Waals surface area contributed by atoms with Gasteiger partial charge >= 0.3 is 0 Å². The van der Waals surface area contributed by atoms with Gasteiger partial charge < -0.3 is 15.4 Å². The molecule has 1 heterocycles. The minimum Gasteiger partial charge on any atom is -0.487 e. The molecule has 1 aliphatic rings. The van der Waals surface area contributed by atoms with Crippen molar-refractivity contribution in [2.45, 2.75) is 26.1 Å². The molecule has 3 nitrogen and oxygen atoms in total. The number of hydrogen-bond acceptors (Lipinski definition) is 3. The Labute approximate surface area is 128 Å². The fraction of sp³-hybridized carbons (Fsp3) is 0.250. The van der Waals surface area contributed by atoms with Crippen LogP contribution in [0.25, 0.3) is 0 Å². The van der Waals surface area contributed by atoms with E-state index in [4.69, 9.17) is 16.3 Å². The predicted molar refractivity (Wildman–Crippen MR) is 83.7 cm³/mol.